The molecule has 1 aromatic heterocycles. The summed E-state index contributed by atoms with van der Waals surface area (Å²) in [6, 6.07) is 12.3. The van der Waals surface area contributed by atoms with Gasteiger partial charge in [-0.1, -0.05) is 24.3 Å². The van der Waals surface area contributed by atoms with E-state index in [0.717, 1.165) is 79.1 Å². The number of nitrogens with zero attached hydrogens (tertiary/aromatic N) is 6. The molecule has 0 aliphatic carbocycles. The molecule has 0 unspecified atom stereocenters. The molecule has 38 heavy (non-hydrogen) atoms. The minimum absolute atomic E-state index is 0.119. The Balaban J connectivity index is 1.31. The van der Waals surface area contributed by atoms with E-state index in [1.54, 1.807) is 6.92 Å². The number of aromatic nitrogens is 2. The summed E-state index contributed by atoms with van der Waals surface area (Å²) in [7, 11) is 2.15. The number of phenols is 1. The predicted molar refractivity (Wildman–Crippen MR) is 148 cm³/mol. The van der Waals surface area contributed by atoms with E-state index < -0.39 is 0 Å². The van der Waals surface area contributed by atoms with Crippen molar-refractivity contribution in [2.45, 2.75) is 26.3 Å². The van der Waals surface area contributed by atoms with Gasteiger partial charge in [-0.3, -0.25) is 4.79 Å². The van der Waals surface area contributed by atoms with Crippen LogP contribution in [0.3, 0.4) is 0 Å². The van der Waals surface area contributed by atoms with Gasteiger partial charge in [-0.25, -0.2) is 0 Å². The Hall–Kier alpha value is -3.59. The van der Waals surface area contributed by atoms with Gasteiger partial charge in [0.2, 0.25) is 5.91 Å². The van der Waals surface area contributed by atoms with Crippen LogP contribution in [-0.4, -0.2) is 90.2 Å². The maximum absolute atomic E-state index is 11.9. The molecule has 1 amide bonds. The third-order valence-corrected chi connectivity index (χ3v) is 8.15. The van der Waals surface area contributed by atoms with Crippen LogP contribution in [0.5, 0.6) is 11.8 Å². The van der Waals surface area contributed by atoms with Crippen molar-refractivity contribution in [1.29, 1.82) is 0 Å². The molecule has 1 atom stereocenters. The lowest BCUT2D eigenvalue weighted by Gasteiger charge is -2.38. The Morgan fingerprint density at radius 3 is 2.63 bits per heavy atom. The lowest BCUT2D eigenvalue weighted by Crippen LogP contribution is -2.49. The molecule has 9 nitrogen and oxygen atoms in total. The van der Waals surface area contributed by atoms with Crippen LogP contribution in [0.25, 0.3) is 10.8 Å². The molecule has 4 heterocycles. The summed E-state index contributed by atoms with van der Waals surface area (Å²) in [4.78, 5) is 30.6. The van der Waals surface area contributed by atoms with Crippen LogP contribution in [0.2, 0.25) is 0 Å². The quantitative estimate of drug-likeness (QED) is 0.554. The van der Waals surface area contributed by atoms with Crippen molar-refractivity contribution in [1.82, 2.24) is 19.8 Å². The Bertz CT molecular complexity index is 1340. The van der Waals surface area contributed by atoms with Crippen molar-refractivity contribution in [3.05, 3.63) is 47.7 Å². The molecule has 0 radical (unpaired) electrons. The number of hydrogen-bond acceptors (Lipinski definition) is 8. The van der Waals surface area contributed by atoms with Gasteiger partial charge in [-0.05, 0) is 37.9 Å². The maximum Gasteiger partial charge on any atom is 0.318 e. The van der Waals surface area contributed by atoms with Crippen LogP contribution >= 0.6 is 0 Å². The van der Waals surface area contributed by atoms with Crippen molar-refractivity contribution in [3.63, 3.8) is 0 Å². The molecule has 1 N–H and O–H groups in total. The van der Waals surface area contributed by atoms with Crippen molar-refractivity contribution in [2.24, 2.45) is 5.92 Å². The van der Waals surface area contributed by atoms with E-state index in [1.165, 1.54) is 0 Å². The van der Waals surface area contributed by atoms with Crippen LogP contribution in [0.15, 0.2) is 36.4 Å². The molecule has 0 saturated carbocycles. The Morgan fingerprint density at radius 1 is 1.05 bits per heavy atom. The van der Waals surface area contributed by atoms with E-state index in [-0.39, 0.29) is 11.7 Å². The van der Waals surface area contributed by atoms with Gasteiger partial charge in [0, 0.05) is 74.8 Å². The second kappa shape index (κ2) is 10.3. The summed E-state index contributed by atoms with van der Waals surface area (Å²) in [6.45, 7) is 8.68. The molecule has 0 bridgehead atoms. The van der Waals surface area contributed by atoms with Gasteiger partial charge in [0.1, 0.15) is 11.6 Å². The largest absolute Gasteiger partial charge is 0.508 e. The smallest absolute Gasteiger partial charge is 0.318 e. The number of amides is 1. The second-order valence-electron chi connectivity index (χ2n) is 10.8. The SMILES string of the molecule is CC(=O)N1CCN(c2nc(OC[C@@H]3CCN(C)C3)nc3c2CCN(c2cc(O)cc4ccccc24)C3)CC1. The molecule has 3 aliphatic rings. The third kappa shape index (κ3) is 4.95. The fourth-order valence-corrected chi connectivity index (χ4v) is 6.04. The Labute approximate surface area is 223 Å². The number of hydrogen-bond donors (Lipinski definition) is 1. The second-order valence-corrected chi connectivity index (χ2v) is 10.8. The molecule has 2 saturated heterocycles. The number of rotatable bonds is 5. The number of ether oxygens (including phenoxy) is 1. The first kappa shape index (κ1) is 24.7. The van der Waals surface area contributed by atoms with Gasteiger partial charge in [-0.2, -0.15) is 9.97 Å². The van der Waals surface area contributed by atoms with Gasteiger partial charge >= 0.3 is 6.01 Å². The predicted octanol–water partition coefficient (Wildman–Crippen LogP) is 2.90. The van der Waals surface area contributed by atoms with E-state index in [1.807, 2.05) is 35.2 Å². The number of benzene rings is 2. The molecule has 3 aliphatic heterocycles. The first-order valence-electron chi connectivity index (χ1n) is 13.6. The number of aromatic hydroxyl groups is 1. The summed E-state index contributed by atoms with van der Waals surface area (Å²) < 4.78 is 6.23. The highest BCUT2D eigenvalue weighted by molar-refractivity contribution is 5.95. The zero-order valence-corrected chi connectivity index (χ0v) is 22.3. The number of carbonyl (C=O) groups is 1. The average Bonchev–Trinajstić information content (AvgIpc) is 3.35. The standard InChI is InChI=1S/C29H36N6O3/c1-20(36)33-11-13-34(14-12-33)28-25-8-10-35(27-16-23(37)15-22-5-3-4-6-24(22)27)18-26(25)30-29(31-28)38-19-21-7-9-32(2)17-21/h3-6,15-16,21,37H,7-14,17-19H2,1-2H3/t21-/m1/s1. The van der Waals surface area contributed by atoms with Crippen molar-refractivity contribution in [3.8, 4) is 11.8 Å². The van der Waals surface area contributed by atoms with Gasteiger partial charge in [0.05, 0.1) is 18.8 Å². The number of anilines is 2. The molecule has 3 aromatic rings. The minimum atomic E-state index is 0.119. The fourth-order valence-electron chi connectivity index (χ4n) is 6.04. The summed E-state index contributed by atoms with van der Waals surface area (Å²) in [6.07, 6.45) is 1.93. The van der Waals surface area contributed by atoms with Crippen molar-refractivity contribution in [2.75, 3.05) is 69.3 Å². The van der Waals surface area contributed by atoms with Crippen molar-refractivity contribution >= 4 is 28.2 Å². The highest BCUT2D eigenvalue weighted by atomic mass is 16.5. The molecular weight excluding hydrogens is 480 g/mol. The minimum Gasteiger partial charge on any atom is -0.508 e. The zero-order chi connectivity index (χ0) is 26.2. The highest BCUT2D eigenvalue weighted by Crippen LogP contribution is 2.36. The van der Waals surface area contributed by atoms with Crippen LogP contribution in [-0.2, 0) is 17.8 Å². The first-order chi connectivity index (χ1) is 18.4. The van der Waals surface area contributed by atoms with E-state index in [9.17, 15) is 9.90 Å². The lowest BCUT2D eigenvalue weighted by atomic mass is 10.0. The highest BCUT2D eigenvalue weighted by Gasteiger charge is 2.29. The summed E-state index contributed by atoms with van der Waals surface area (Å²) in [5.74, 6) is 1.81. The Kier molecular flexibility index (Phi) is 6.69. The number of phenolic OH excluding ortho intramolecular Hbond substituents is 1. The molecule has 6 rings (SSSR count). The van der Waals surface area contributed by atoms with Crippen LogP contribution < -0.4 is 14.5 Å². The number of likely N-dealkylation sites (tertiary alicyclic amines) is 1. The van der Waals surface area contributed by atoms with Gasteiger partial charge in [0.15, 0.2) is 0 Å². The molecule has 2 aromatic carbocycles. The van der Waals surface area contributed by atoms with E-state index in [2.05, 4.69) is 27.8 Å². The topological polar surface area (TPSA) is 85.3 Å². The van der Waals surface area contributed by atoms with Gasteiger partial charge in [0.25, 0.3) is 0 Å². The van der Waals surface area contributed by atoms with Crippen LogP contribution in [0.1, 0.15) is 24.6 Å². The zero-order valence-electron chi connectivity index (χ0n) is 22.3. The molecule has 0 spiro atoms. The van der Waals surface area contributed by atoms with Crippen molar-refractivity contribution < 1.29 is 14.6 Å². The summed E-state index contributed by atoms with van der Waals surface area (Å²) in [5, 5.41) is 12.6. The molecule has 200 valence electrons. The number of piperazine rings is 1. The number of carbonyl (C=O) groups excluding carboxylic acids is 1. The van der Waals surface area contributed by atoms with Crippen LogP contribution in [0, 0.1) is 5.92 Å². The first-order valence-corrected chi connectivity index (χ1v) is 13.6. The monoisotopic (exact) mass is 516 g/mol. The maximum atomic E-state index is 11.9. The molecule has 9 heteroatoms. The molecule has 2 fully saturated rings. The Morgan fingerprint density at radius 2 is 1.87 bits per heavy atom. The molecular formula is C29H36N6O3. The summed E-state index contributed by atoms with van der Waals surface area (Å²) >= 11 is 0. The summed E-state index contributed by atoms with van der Waals surface area (Å²) in [5.41, 5.74) is 3.15. The average molecular weight is 517 g/mol. The van der Waals surface area contributed by atoms with E-state index in [4.69, 9.17) is 14.7 Å². The van der Waals surface area contributed by atoms with E-state index >= 15 is 0 Å². The normalized spacial score (nSPS) is 20.2. The lowest BCUT2D eigenvalue weighted by molar-refractivity contribution is -0.129. The van der Waals surface area contributed by atoms with E-state index in [0.29, 0.717) is 38.2 Å². The van der Waals surface area contributed by atoms with Gasteiger partial charge < -0.3 is 29.4 Å². The van der Waals surface area contributed by atoms with Crippen LogP contribution in [0.4, 0.5) is 11.5 Å². The third-order valence-electron chi connectivity index (χ3n) is 8.15. The fraction of sp³-hybridized carbons (Fsp3) is 0.483. The van der Waals surface area contributed by atoms with Gasteiger partial charge in [-0.15, -0.1) is 0 Å². The number of fused-ring (bicyclic) bond motifs is 2.